The van der Waals surface area contributed by atoms with E-state index in [1.807, 2.05) is 30.3 Å². The van der Waals surface area contributed by atoms with Gasteiger partial charge in [0.1, 0.15) is 0 Å². The number of nitrogens with one attached hydrogen (secondary N) is 1. The van der Waals surface area contributed by atoms with Crippen molar-refractivity contribution in [3.8, 4) is 0 Å². The van der Waals surface area contributed by atoms with Crippen molar-refractivity contribution in [2.45, 2.75) is 13.3 Å². The molecule has 1 aliphatic heterocycles. The Morgan fingerprint density at radius 2 is 1.51 bits per heavy atom. The standard InChI is InChI=1S/C30H24N2O5/c1-2-37-27(33)16-19-14-21-12-13-22(17-25(21)26(15-19)28(34)20-8-4-3-5-9-20)31-18-32-29(35)23-10-6-7-11-24(23)30(32)36/h3-15,17,31H,2,16,18H2,1H3. The Kier molecular flexibility index (Phi) is 6.51. The highest BCUT2D eigenvalue weighted by Gasteiger charge is 2.34. The topological polar surface area (TPSA) is 92.8 Å². The molecule has 0 saturated heterocycles. The minimum absolute atomic E-state index is 0.0131. The largest absolute Gasteiger partial charge is 0.466 e. The van der Waals surface area contributed by atoms with Crippen LogP contribution in [0.25, 0.3) is 10.8 Å². The van der Waals surface area contributed by atoms with Crippen LogP contribution in [0.1, 0.15) is 49.1 Å². The second kappa shape index (κ2) is 10.1. The van der Waals surface area contributed by atoms with Gasteiger partial charge in [-0.3, -0.25) is 24.1 Å². The summed E-state index contributed by atoms with van der Waals surface area (Å²) >= 11 is 0. The number of nitrogens with zero attached hydrogens (tertiary/aromatic N) is 1. The molecule has 0 atom stereocenters. The molecule has 7 heteroatoms. The molecule has 0 aliphatic carbocycles. The number of ketones is 1. The lowest BCUT2D eigenvalue weighted by Crippen LogP contribution is -2.34. The number of carbonyl (C=O) groups is 4. The number of anilines is 1. The number of amides is 2. The zero-order valence-electron chi connectivity index (χ0n) is 20.2. The minimum Gasteiger partial charge on any atom is -0.466 e. The summed E-state index contributed by atoms with van der Waals surface area (Å²) in [7, 11) is 0. The van der Waals surface area contributed by atoms with Crippen LogP contribution in [0.3, 0.4) is 0 Å². The number of ether oxygens (including phenoxy) is 1. The highest BCUT2D eigenvalue weighted by molar-refractivity contribution is 6.21. The van der Waals surface area contributed by atoms with Crippen LogP contribution >= 0.6 is 0 Å². The number of carbonyl (C=O) groups excluding carboxylic acids is 4. The van der Waals surface area contributed by atoms with Gasteiger partial charge in [0.2, 0.25) is 0 Å². The predicted molar refractivity (Wildman–Crippen MR) is 140 cm³/mol. The molecule has 0 aromatic heterocycles. The molecular formula is C30H24N2O5. The van der Waals surface area contributed by atoms with Crippen molar-refractivity contribution >= 4 is 40.0 Å². The van der Waals surface area contributed by atoms with Crippen LogP contribution in [0.5, 0.6) is 0 Å². The Bertz CT molecular complexity index is 1510. The van der Waals surface area contributed by atoms with E-state index in [1.165, 1.54) is 0 Å². The summed E-state index contributed by atoms with van der Waals surface area (Å²) in [6.07, 6.45) is 0.0542. The van der Waals surface area contributed by atoms with E-state index in [4.69, 9.17) is 4.74 Å². The molecule has 4 aromatic carbocycles. The first-order valence-corrected chi connectivity index (χ1v) is 12.0. The van der Waals surface area contributed by atoms with Crippen LogP contribution in [0.4, 0.5) is 5.69 Å². The van der Waals surface area contributed by atoms with E-state index in [9.17, 15) is 19.2 Å². The van der Waals surface area contributed by atoms with Crippen molar-refractivity contribution in [1.82, 2.24) is 4.90 Å². The van der Waals surface area contributed by atoms with Gasteiger partial charge in [-0.1, -0.05) is 54.6 Å². The van der Waals surface area contributed by atoms with Crippen molar-refractivity contribution < 1.29 is 23.9 Å². The number of imide groups is 1. The average molecular weight is 493 g/mol. The Balaban J connectivity index is 1.47. The number of hydrogen-bond acceptors (Lipinski definition) is 6. The molecule has 1 heterocycles. The van der Waals surface area contributed by atoms with Gasteiger partial charge in [0.05, 0.1) is 30.8 Å². The third-order valence-electron chi connectivity index (χ3n) is 6.27. The highest BCUT2D eigenvalue weighted by atomic mass is 16.5. The predicted octanol–water partition coefficient (Wildman–Crippen LogP) is 4.84. The Labute approximate surface area is 213 Å². The summed E-state index contributed by atoms with van der Waals surface area (Å²) in [6, 6.07) is 24.7. The molecule has 0 saturated carbocycles. The molecular weight excluding hydrogens is 468 g/mol. The lowest BCUT2D eigenvalue weighted by molar-refractivity contribution is -0.142. The molecule has 0 bridgehead atoms. The van der Waals surface area contributed by atoms with E-state index in [0.29, 0.717) is 38.9 Å². The van der Waals surface area contributed by atoms with Crippen LogP contribution in [0.2, 0.25) is 0 Å². The summed E-state index contributed by atoms with van der Waals surface area (Å²) < 4.78 is 5.09. The maximum Gasteiger partial charge on any atom is 0.310 e. The third-order valence-corrected chi connectivity index (χ3v) is 6.27. The van der Waals surface area contributed by atoms with Gasteiger partial charge in [-0.15, -0.1) is 0 Å². The Morgan fingerprint density at radius 1 is 0.838 bits per heavy atom. The maximum absolute atomic E-state index is 13.5. The normalized spacial score (nSPS) is 12.5. The van der Waals surface area contributed by atoms with Crippen molar-refractivity contribution in [1.29, 1.82) is 0 Å². The third kappa shape index (κ3) is 4.71. The van der Waals surface area contributed by atoms with Crippen molar-refractivity contribution in [3.05, 3.63) is 113 Å². The number of fused-ring (bicyclic) bond motifs is 2. The summed E-state index contributed by atoms with van der Waals surface area (Å²) in [6.45, 7) is 2.02. The van der Waals surface area contributed by atoms with Gasteiger partial charge < -0.3 is 10.1 Å². The lowest BCUT2D eigenvalue weighted by atomic mass is 9.93. The van der Waals surface area contributed by atoms with Gasteiger partial charge in [-0.05, 0) is 53.6 Å². The molecule has 0 spiro atoms. The second-order valence-corrected chi connectivity index (χ2v) is 8.68. The molecule has 4 aromatic rings. The zero-order valence-corrected chi connectivity index (χ0v) is 20.2. The maximum atomic E-state index is 13.5. The van der Waals surface area contributed by atoms with E-state index < -0.39 is 0 Å². The fourth-order valence-electron chi connectivity index (χ4n) is 4.50. The lowest BCUT2D eigenvalue weighted by Gasteiger charge is -2.17. The van der Waals surface area contributed by atoms with Crippen molar-refractivity contribution in [3.63, 3.8) is 0 Å². The highest BCUT2D eigenvalue weighted by Crippen LogP contribution is 2.28. The molecule has 0 unspecified atom stereocenters. The van der Waals surface area contributed by atoms with E-state index in [-0.39, 0.29) is 43.3 Å². The van der Waals surface area contributed by atoms with E-state index >= 15 is 0 Å². The van der Waals surface area contributed by atoms with E-state index in [1.54, 1.807) is 61.5 Å². The van der Waals surface area contributed by atoms with Crippen molar-refractivity contribution in [2.24, 2.45) is 0 Å². The summed E-state index contributed by atoms with van der Waals surface area (Å²) in [5, 5.41) is 4.62. The molecule has 37 heavy (non-hydrogen) atoms. The van der Waals surface area contributed by atoms with Gasteiger partial charge in [0.25, 0.3) is 11.8 Å². The van der Waals surface area contributed by atoms with Crippen LogP contribution < -0.4 is 5.32 Å². The SMILES string of the molecule is CCOC(=O)Cc1cc(C(=O)c2ccccc2)c2cc(NCN3C(=O)c4ccccc4C3=O)ccc2c1. The van der Waals surface area contributed by atoms with Gasteiger partial charge in [-0.25, -0.2) is 0 Å². The fourth-order valence-corrected chi connectivity index (χ4v) is 4.50. The van der Waals surface area contributed by atoms with E-state index in [2.05, 4.69) is 5.32 Å². The first-order valence-electron chi connectivity index (χ1n) is 12.0. The van der Waals surface area contributed by atoms with Crippen LogP contribution in [-0.4, -0.2) is 41.7 Å². The minimum atomic E-state index is -0.362. The molecule has 5 rings (SSSR count). The molecule has 0 fully saturated rings. The van der Waals surface area contributed by atoms with Crippen LogP contribution in [0.15, 0.2) is 84.9 Å². The average Bonchev–Trinajstić information content (AvgIpc) is 3.16. The number of benzene rings is 4. The van der Waals surface area contributed by atoms with Crippen molar-refractivity contribution in [2.75, 3.05) is 18.6 Å². The molecule has 0 radical (unpaired) electrons. The molecule has 184 valence electrons. The van der Waals surface area contributed by atoms with Gasteiger partial charge in [0, 0.05) is 16.8 Å². The first-order chi connectivity index (χ1) is 18.0. The van der Waals surface area contributed by atoms with Crippen LogP contribution in [-0.2, 0) is 16.0 Å². The molecule has 1 N–H and O–H groups in total. The first kappa shape index (κ1) is 23.9. The van der Waals surface area contributed by atoms with Gasteiger partial charge >= 0.3 is 5.97 Å². The summed E-state index contributed by atoms with van der Waals surface area (Å²) in [4.78, 5) is 52.2. The fraction of sp³-hybridized carbons (Fsp3) is 0.133. The monoisotopic (exact) mass is 492 g/mol. The quantitative estimate of drug-likeness (QED) is 0.215. The zero-order chi connectivity index (χ0) is 25.9. The number of rotatable bonds is 8. The number of esters is 1. The second-order valence-electron chi connectivity index (χ2n) is 8.68. The summed E-state index contributed by atoms with van der Waals surface area (Å²) in [5.41, 5.74) is 3.07. The molecule has 7 nitrogen and oxygen atoms in total. The van der Waals surface area contributed by atoms with Gasteiger partial charge in [0.15, 0.2) is 5.78 Å². The van der Waals surface area contributed by atoms with Crippen LogP contribution in [0, 0.1) is 0 Å². The smallest absolute Gasteiger partial charge is 0.310 e. The summed E-state index contributed by atoms with van der Waals surface area (Å²) in [5.74, 6) is -1.23. The molecule has 1 aliphatic rings. The Hall–Kier alpha value is -4.78. The molecule has 2 amide bonds. The van der Waals surface area contributed by atoms with E-state index in [0.717, 1.165) is 10.3 Å². The number of hydrogen-bond donors (Lipinski definition) is 1. The Morgan fingerprint density at radius 3 is 2.19 bits per heavy atom. The van der Waals surface area contributed by atoms with Gasteiger partial charge in [-0.2, -0.15) is 0 Å².